The smallest absolute Gasteiger partial charge is 0.254 e. The van der Waals surface area contributed by atoms with Crippen molar-refractivity contribution in [3.63, 3.8) is 0 Å². The van der Waals surface area contributed by atoms with Crippen LogP contribution in [0.2, 0.25) is 5.02 Å². The van der Waals surface area contributed by atoms with Crippen LogP contribution in [0.3, 0.4) is 0 Å². The summed E-state index contributed by atoms with van der Waals surface area (Å²) in [6.45, 7) is 1.42. The molecule has 2 aromatic carbocycles. The van der Waals surface area contributed by atoms with Gasteiger partial charge in [-0.05, 0) is 75.5 Å². The molecular formula is C25H29ClN4O. The molecule has 0 aliphatic heterocycles. The molecule has 0 saturated heterocycles. The van der Waals surface area contributed by atoms with Gasteiger partial charge in [0.2, 0.25) is 0 Å². The van der Waals surface area contributed by atoms with Gasteiger partial charge in [0.1, 0.15) is 5.82 Å². The quantitative estimate of drug-likeness (QED) is 0.502. The third-order valence-electron chi connectivity index (χ3n) is 6.27. The fraction of sp³-hybridized carbons (Fsp3) is 0.400. The first-order chi connectivity index (χ1) is 15.1. The van der Waals surface area contributed by atoms with Gasteiger partial charge in [-0.2, -0.15) is 0 Å². The van der Waals surface area contributed by atoms with E-state index in [1.165, 1.54) is 25.7 Å². The van der Waals surface area contributed by atoms with Crippen LogP contribution in [-0.4, -0.2) is 41.4 Å². The number of benzene rings is 2. The Labute approximate surface area is 188 Å². The van der Waals surface area contributed by atoms with Crippen LogP contribution in [0, 0.1) is 5.92 Å². The summed E-state index contributed by atoms with van der Waals surface area (Å²) in [6, 6.07) is 15.2. The Bertz CT molecular complexity index is 1050. The van der Waals surface area contributed by atoms with Gasteiger partial charge < -0.3 is 10.2 Å². The molecule has 1 amide bonds. The monoisotopic (exact) mass is 436 g/mol. The molecule has 0 radical (unpaired) electrons. The van der Waals surface area contributed by atoms with Crippen LogP contribution < -0.4 is 5.32 Å². The second-order valence-corrected chi connectivity index (χ2v) is 8.84. The summed E-state index contributed by atoms with van der Waals surface area (Å²) in [5.41, 5.74) is 2.71. The Morgan fingerprint density at radius 2 is 1.90 bits per heavy atom. The Balaban J connectivity index is 1.57. The van der Waals surface area contributed by atoms with Crippen molar-refractivity contribution in [3.8, 4) is 0 Å². The van der Waals surface area contributed by atoms with Crippen molar-refractivity contribution in [1.29, 1.82) is 0 Å². The van der Waals surface area contributed by atoms with Gasteiger partial charge in [-0.1, -0.05) is 29.8 Å². The molecule has 0 bridgehead atoms. The second kappa shape index (κ2) is 9.75. The van der Waals surface area contributed by atoms with Gasteiger partial charge in [-0.25, -0.2) is 9.97 Å². The number of carbonyl (C=O) groups excluding carboxylic acids is 1. The van der Waals surface area contributed by atoms with Crippen molar-refractivity contribution in [2.24, 2.45) is 5.92 Å². The highest BCUT2D eigenvalue weighted by molar-refractivity contribution is 6.30. The molecule has 1 aromatic heterocycles. The highest BCUT2D eigenvalue weighted by atomic mass is 35.5. The van der Waals surface area contributed by atoms with Crippen molar-refractivity contribution in [1.82, 2.24) is 20.2 Å². The van der Waals surface area contributed by atoms with E-state index in [9.17, 15) is 4.79 Å². The van der Waals surface area contributed by atoms with Crippen LogP contribution in [0.4, 0.5) is 0 Å². The first kappa shape index (κ1) is 21.7. The lowest BCUT2D eigenvalue weighted by atomic mass is 9.69. The van der Waals surface area contributed by atoms with E-state index in [1.807, 2.05) is 19.2 Å². The van der Waals surface area contributed by atoms with E-state index in [2.05, 4.69) is 17.4 Å². The third kappa shape index (κ3) is 4.89. The summed E-state index contributed by atoms with van der Waals surface area (Å²) in [6.07, 6.45) is 4.83. The topological polar surface area (TPSA) is 58.1 Å². The summed E-state index contributed by atoms with van der Waals surface area (Å²) in [4.78, 5) is 24.3. The van der Waals surface area contributed by atoms with Gasteiger partial charge in [0.05, 0.1) is 17.8 Å². The number of rotatable bonds is 8. The van der Waals surface area contributed by atoms with E-state index in [0.717, 1.165) is 23.1 Å². The molecule has 1 aliphatic carbocycles. The highest BCUT2D eigenvalue weighted by Gasteiger charge is 2.34. The van der Waals surface area contributed by atoms with Gasteiger partial charge in [-0.3, -0.25) is 4.79 Å². The predicted octanol–water partition coefficient (Wildman–Crippen LogP) is 5.05. The van der Waals surface area contributed by atoms with Crippen molar-refractivity contribution in [3.05, 3.63) is 70.6 Å². The number of hydrogen-bond donors (Lipinski definition) is 1. The number of amides is 1. The van der Waals surface area contributed by atoms with Crippen molar-refractivity contribution in [2.45, 2.75) is 38.1 Å². The maximum absolute atomic E-state index is 12.8. The summed E-state index contributed by atoms with van der Waals surface area (Å²) in [7, 11) is 3.79. The lowest BCUT2D eigenvalue weighted by molar-refractivity contribution is 0.0781. The Kier molecular flexibility index (Phi) is 6.83. The standard InChI is InChI=1S/C25H29ClN4O/c1-27-15-5-6-17-11-14-20(17)24-21-7-3-4-8-22(21)28-23(29-24)16-30(2)25(31)18-9-12-19(26)13-10-18/h3-4,7-10,12-13,17,20,27H,5-6,11,14-16H2,1-2H3. The molecule has 4 rings (SSSR count). The van der Waals surface area contributed by atoms with Crippen LogP contribution in [0.1, 0.15) is 53.5 Å². The van der Waals surface area contributed by atoms with Gasteiger partial charge in [0.25, 0.3) is 5.91 Å². The number of halogens is 1. The fourth-order valence-electron chi connectivity index (χ4n) is 4.42. The number of nitrogens with zero attached hydrogens (tertiary/aromatic N) is 3. The summed E-state index contributed by atoms with van der Waals surface area (Å²) in [5.74, 6) is 1.77. The van der Waals surface area contributed by atoms with Gasteiger partial charge in [0.15, 0.2) is 0 Å². The average molecular weight is 437 g/mol. The van der Waals surface area contributed by atoms with E-state index in [-0.39, 0.29) is 5.91 Å². The van der Waals surface area contributed by atoms with Crippen molar-refractivity contribution < 1.29 is 4.79 Å². The molecule has 2 atom stereocenters. The zero-order valence-electron chi connectivity index (χ0n) is 18.1. The lowest BCUT2D eigenvalue weighted by Crippen LogP contribution is -2.29. The van der Waals surface area contributed by atoms with Gasteiger partial charge in [-0.15, -0.1) is 0 Å². The van der Waals surface area contributed by atoms with E-state index >= 15 is 0 Å². The molecule has 0 spiro atoms. The zero-order chi connectivity index (χ0) is 21.8. The molecule has 2 unspecified atom stereocenters. The maximum atomic E-state index is 12.8. The van der Waals surface area contributed by atoms with E-state index < -0.39 is 0 Å². The van der Waals surface area contributed by atoms with E-state index in [4.69, 9.17) is 21.6 Å². The normalized spacial score (nSPS) is 18.0. The predicted molar refractivity (Wildman–Crippen MR) is 125 cm³/mol. The van der Waals surface area contributed by atoms with Crippen LogP contribution in [0.5, 0.6) is 0 Å². The maximum Gasteiger partial charge on any atom is 0.254 e. The van der Waals surface area contributed by atoms with E-state index in [0.29, 0.717) is 34.8 Å². The minimum Gasteiger partial charge on any atom is -0.334 e. The number of fused-ring (bicyclic) bond motifs is 1. The molecule has 1 saturated carbocycles. The molecule has 1 heterocycles. The zero-order valence-corrected chi connectivity index (χ0v) is 18.9. The number of hydrogen-bond acceptors (Lipinski definition) is 4. The minimum atomic E-state index is -0.0661. The number of nitrogens with one attached hydrogen (secondary N) is 1. The Morgan fingerprint density at radius 3 is 2.61 bits per heavy atom. The molecule has 1 fully saturated rings. The van der Waals surface area contributed by atoms with Crippen LogP contribution in [0.25, 0.3) is 10.9 Å². The molecular weight excluding hydrogens is 408 g/mol. The van der Waals surface area contributed by atoms with Crippen LogP contribution in [0.15, 0.2) is 48.5 Å². The molecule has 1 N–H and O–H groups in total. The second-order valence-electron chi connectivity index (χ2n) is 8.40. The lowest BCUT2D eigenvalue weighted by Gasteiger charge is -2.37. The largest absolute Gasteiger partial charge is 0.334 e. The molecule has 5 nitrogen and oxygen atoms in total. The molecule has 31 heavy (non-hydrogen) atoms. The van der Waals surface area contributed by atoms with Crippen LogP contribution in [-0.2, 0) is 6.54 Å². The number of carbonyl (C=O) groups is 1. The van der Waals surface area contributed by atoms with Gasteiger partial charge >= 0.3 is 0 Å². The summed E-state index contributed by atoms with van der Waals surface area (Å²) >= 11 is 5.95. The summed E-state index contributed by atoms with van der Waals surface area (Å²) in [5, 5.41) is 5.00. The highest BCUT2D eigenvalue weighted by Crippen LogP contribution is 2.46. The van der Waals surface area contributed by atoms with Crippen LogP contribution >= 0.6 is 11.6 Å². The van der Waals surface area contributed by atoms with Gasteiger partial charge in [0, 0.05) is 28.9 Å². The third-order valence-corrected chi connectivity index (χ3v) is 6.52. The molecule has 162 valence electrons. The van der Waals surface area contributed by atoms with Crippen molar-refractivity contribution >= 4 is 28.4 Å². The van der Waals surface area contributed by atoms with E-state index in [1.54, 1.807) is 36.2 Å². The molecule has 1 aliphatic rings. The first-order valence-corrected chi connectivity index (χ1v) is 11.4. The number of para-hydroxylation sites is 1. The SMILES string of the molecule is CNCCCC1CCC1c1nc(CN(C)C(=O)c2ccc(Cl)cc2)nc2ccccc12. The Morgan fingerprint density at radius 1 is 1.13 bits per heavy atom. The average Bonchev–Trinajstić information content (AvgIpc) is 2.76. The first-order valence-electron chi connectivity index (χ1n) is 11.0. The minimum absolute atomic E-state index is 0.0661. The number of aromatic nitrogens is 2. The van der Waals surface area contributed by atoms with Crippen molar-refractivity contribution in [2.75, 3.05) is 20.6 Å². The fourth-order valence-corrected chi connectivity index (χ4v) is 4.54. The Hall–Kier alpha value is -2.50. The summed E-state index contributed by atoms with van der Waals surface area (Å²) < 4.78 is 0. The molecule has 3 aromatic rings. The molecule has 6 heteroatoms.